The highest BCUT2D eigenvalue weighted by molar-refractivity contribution is 6.46. The zero-order valence-electron chi connectivity index (χ0n) is 7.79. The lowest BCUT2D eigenvalue weighted by atomic mass is 9.70. The summed E-state index contributed by atoms with van der Waals surface area (Å²) in [6.45, 7) is 3.70. The molecule has 2 fully saturated rings. The molecule has 2 saturated carbocycles. The third-order valence-corrected chi connectivity index (χ3v) is 3.99. The van der Waals surface area contributed by atoms with Crippen LogP contribution in [0, 0.1) is 16.7 Å². The Labute approximate surface area is 76.5 Å². The van der Waals surface area contributed by atoms with E-state index < -0.39 is 16.6 Å². The van der Waals surface area contributed by atoms with Crippen LogP contribution in [0.5, 0.6) is 0 Å². The molecule has 13 heavy (non-hydrogen) atoms. The lowest BCUT2D eigenvalue weighted by Gasteiger charge is -2.29. The summed E-state index contributed by atoms with van der Waals surface area (Å²) in [4.78, 5) is 34.0. The van der Waals surface area contributed by atoms with Crippen molar-refractivity contribution in [2.45, 2.75) is 26.7 Å². The molecule has 3 nitrogen and oxygen atoms in total. The highest BCUT2D eigenvalue weighted by atomic mass is 16.2. The first-order valence-corrected chi connectivity index (χ1v) is 4.52. The number of aldehydes is 1. The minimum absolute atomic E-state index is 0.217. The molecule has 2 aliphatic rings. The number of ketones is 2. The fraction of sp³-hybridized carbons (Fsp3) is 0.700. The zero-order chi connectivity index (χ0) is 9.85. The molecule has 2 rings (SSSR count). The summed E-state index contributed by atoms with van der Waals surface area (Å²) in [7, 11) is 0. The van der Waals surface area contributed by atoms with Gasteiger partial charge in [0.1, 0.15) is 6.29 Å². The van der Waals surface area contributed by atoms with E-state index in [9.17, 15) is 14.4 Å². The number of carbonyl (C=O) groups excluding carboxylic acids is 3. The van der Waals surface area contributed by atoms with Crippen LogP contribution < -0.4 is 0 Å². The second kappa shape index (κ2) is 2.08. The van der Waals surface area contributed by atoms with E-state index in [1.807, 2.05) is 13.8 Å². The van der Waals surface area contributed by atoms with E-state index in [2.05, 4.69) is 0 Å². The molecular weight excluding hydrogens is 168 g/mol. The second-order valence-electron chi connectivity index (χ2n) is 4.60. The summed E-state index contributed by atoms with van der Waals surface area (Å²) in [5.74, 6) is -1.00. The van der Waals surface area contributed by atoms with Crippen LogP contribution in [0.3, 0.4) is 0 Å². The maximum Gasteiger partial charge on any atom is 0.212 e. The molecule has 0 heterocycles. The summed E-state index contributed by atoms with van der Waals surface area (Å²) in [6.07, 6.45) is 1.94. The van der Waals surface area contributed by atoms with Crippen LogP contribution >= 0.6 is 0 Å². The van der Waals surface area contributed by atoms with E-state index in [4.69, 9.17) is 0 Å². The summed E-state index contributed by atoms with van der Waals surface area (Å²) in [6, 6.07) is 0. The van der Waals surface area contributed by atoms with Gasteiger partial charge in [0.15, 0.2) is 0 Å². The van der Waals surface area contributed by atoms with Gasteiger partial charge in [-0.2, -0.15) is 0 Å². The van der Waals surface area contributed by atoms with Crippen molar-refractivity contribution < 1.29 is 14.4 Å². The van der Waals surface area contributed by atoms with Gasteiger partial charge in [0.05, 0.1) is 5.41 Å². The molecule has 0 aromatic heterocycles. The fourth-order valence-corrected chi connectivity index (χ4v) is 2.87. The summed E-state index contributed by atoms with van der Waals surface area (Å²) >= 11 is 0. The predicted octanol–water partition coefficient (Wildman–Crippen LogP) is 0.760. The third kappa shape index (κ3) is 0.653. The molecule has 0 saturated heterocycles. The molecule has 0 aromatic rings. The van der Waals surface area contributed by atoms with Crippen molar-refractivity contribution in [1.82, 2.24) is 0 Å². The van der Waals surface area contributed by atoms with Gasteiger partial charge in [0, 0.05) is 5.92 Å². The summed E-state index contributed by atoms with van der Waals surface area (Å²) in [5.41, 5.74) is -1.45. The molecule has 2 bridgehead atoms. The first kappa shape index (κ1) is 8.60. The average molecular weight is 180 g/mol. The van der Waals surface area contributed by atoms with E-state index in [1.54, 1.807) is 0 Å². The molecule has 0 radical (unpaired) electrons. The molecule has 0 N–H and O–H groups in total. The molecule has 0 aliphatic heterocycles. The predicted molar refractivity (Wildman–Crippen MR) is 45.0 cm³/mol. The molecule has 70 valence electrons. The van der Waals surface area contributed by atoms with Gasteiger partial charge in [-0.05, 0) is 18.3 Å². The molecule has 1 unspecified atom stereocenters. The lowest BCUT2D eigenvalue weighted by Crippen LogP contribution is -2.38. The quantitative estimate of drug-likeness (QED) is 0.340. The lowest BCUT2D eigenvalue weighted by molar-refractivity contribution is -0.144. The van der Waals surface area contributed by atoms with Gasteiger partial charge >= 0.3 is 0 Å². The van der Waals surface area contributed by atoms with Gasteiger partial charge in [-0.15, -0.1) is 0 Å². The van der Waals surface area contributed by atoms with E-state index in [1.165, 1.54) is 0 Å². The molecule has 3 heteroatoms. The Morgan fingerprint density at radius 3 is 2.31 bits per heavy atom. The number of fused-ring (bicyclic) bond motifs is 2. The van der Waals surface area contributed by atoms with Crippen molar-refractivity contribution in [2.24, 2.45) is 16.7 Å². The number of carbonyl (C=O) groups is 3. The minimum atomic E-state index is -0.991. The topological polar surface area (TPSA) is 51.2 Å². The van der Waals surface area contributed by atoms with Crippen LogP contribution in [0.1, 0.15) is 26.7 Å². The van der Waals surface area contributed by atoms with Crippen molar-refractivity contribution >= 4 is 17.9 Å². The monoisotopic (exact) mass is 180 g/mol. The van der Waals surface area contributed by atoms with Crippen LogP contribution in [0.4, 0.5) is 0 Å². The van der Waals surface area contributed by atoms with Crippen LogP contribution in [-0.2, 0) is 14.4 Å². The van der Waals surface area contributed by atoms with Gasteiger partial charge in [0.25, 0.3) is 0 Å². The van der Waals surface area contributed by atoms with Gasteiger partial charge in [0.2, 0.25) is 11.6 Å². The minimum Gasteiger partial charge on any atom is -0.302 e. The Kier molecular flexibility index (Phi) is 1.38. The fourth-order valence-electron chi connectivity index (χ4n) is 2.87. The van der Waals surface area contributed by atoms with Crippen molar-refractivity contribution in [1.29, 1.82) is 0 Å². The highest BCUT2D eigenvalue weighted by Gasteiger charge is 2.69. The Hall–Kier alpha value is -0.990. The Balaban J connectivity index is 2.62. The van der Waals surface area contributed by atoms with Crippen molar-refractivity contribution in [2.75, 3.05) is 0 Å². The van der Waals surface area contributed by atoms with E-state index >= 15 is 0 Å². The van der Waals surface area contributed by atoms with Crippen molar-refractivity contribution in [3.05, 3.63) is 0 Å². The molecule has 0 aromatic carbocycles. The zero-order valence-corrected chi connectivity index (χ0v) is 7.79. The largest absolute Gasteiger partial charge is 0.302 e. The third-order valence-electron chi connectivity index (χ3n) is 3.99. The van der Waals surface area contributed by atoms with Crippen LogP contribution in [0.15, 0.2) is 0 Å². The molecule has 2 atom stereocenters. The molecular formula is C10H12O3. The molecule has 0 spiro atoms. The van der Waals surface area contributed by atoms with Gasteiger partial charge < -0.3 is 4.79 Å². The van der Waals surface area contributed by atoms with Crippen molar-refractivity contribution in [3.8, 4) is 0 Å². The number of rotatable bonds is 1. The van der Waals surface area contributed by atoms with Gasteiger partial charge in [-0.1, -0.05) is 13.8 Å². The first-order valence-electron chi connectivity index (χ1n) is 4.52. The molecule has 0 amide bonds. The van der Waals surface area contributed by atoms with Gasteiger partial charge in [-0.25, -0.2) is 0 Å². The van der Waals surface area contributed by atoms with Crippen LogP contribution in [0.25, 0.3) is 0 Å². The number of hydrogen-bond acceptors (Lipinski definition) is 3. The second-order valence-corrected chi connectivity index (χ2v) is 4.60. The smallest absolute Gasteiger partial charge is 0.212 e. The normalized spacial score (nSPS) is 41.2. The van der Waals surface area contributed by atoms with E-state index in [0.717, 1.165) is 0 Å². The van der Waals surface area contributed by atoms with E-state index in [0.29, 0.717) is 19.1 Å². The van der Waals surface area contributed by atoms with Crippen LogP contribution in [0.2, 0.25) is 0 Å². The average Bonchev–Trinajstić information content (AvgIpc) is 2.41. The number of hydrogen-bond donors (Lipinski definition) is 0. The maximum atomic E-state index is 11.6. The Bertz CT molecular complexity index is 316. The Morgan fingerprint density at radius 1 is 1.38 bits per heavy atom. The number of Topliss-reactive ketones (excluding diaryl/α,β-unsaturated/α-hetero) is 2. The van der Waals surface area contributed by atoms with Gasteiger partial charge in [-0.3, -0.25) is 9.59 Å². The standard InChI is InChI=1S/C10H12O3/c1-9(2)6-3-4-10(9,5-11)8(13)7(6)12/h5-6H,3-4H2,1-2H3/t6?,10-/m1/s1. The molecule has 2 aliphatic carbocycles. The Morgan fingerprint density at radius 2 is 2.00 bits per heavy atom. The maximum absolute atomic E-state index is 11.6. The van der Waals surface area contributed by atoms with Crippen LogP contribution in [-0.4, -0.2) is 17.9 Å². The highest BCUT2D eigenvalue weighted by Crippen LogP contribution is 2.61. The summed E-state index contributed by atoms with van der Waals surface area (Å²) in [5, 5.41) is 0. The van der Waals surface area contributed by atoms with E-state index in [-0.39, 0.29) is 11.7 Å². The van der Waals surface area contributed by atoms with Crippen molar-refractivity contribution in [3.63, 3.8) is 0 Å². The first-order chi connectivity index (χ1) is 5.97. The summed E-state index contributed by atoms with van der Waals surface area (Å²) < 4.78 is 0. The SMILES string of the molecule is CC1(C)C2CC[C@@]1(C=O)C(=O)C2=O.